The Morgan fingerprint density at radius 2 is 1.07 bits per heavy atom. The summed E-state index contributed by atoms with van der Waals surface area (Å²) in [4.78, 5) is 2.45. The Hall–Kier alpha value is -7.10. The van der Waals surface area contributed by atoms with Gasteiger partial charge in [0.1, 0.15) is 22.3 Å². The topological polar surface area (TPSA) is 29.5 Å². The summed E-state index contributed by atoms with van der Waals surface area (Å²) in [6.45, 7) is 4.70. The first kappa shape index (κ1) is 31.3. The first-order valence-electron chi connectivity index (χ1n) is 19.3. The van der Waals surface area contributed by atoms with E-state index >= 15 is 0 Å². The predicted molar refractivity (Wildman–Crippen MR) is 234 cm³/mol. The van der Waals surface area contributed by atoms with Crippen molar-refractivity contribution in [2.45, 2.75) is 19.3 Å². The van der Waals surface area contributed by atoms with E-state index < -0.39 is 0 Å². The zero-order chi connectivity index (χ0) is 37.1. The second-order valence-electron chi connectivity index (χ2n) is 15.7. The number of anilines is 3. The summed E-state index contributed by atoms with van der Waals surface area (Å²) in [5.41, 5.74) is 13.9. The van der Waals surface area contributed by atoms with Crippen LogP contribution in [0.2, 0.25) is 0 Å². The fourth-order valence-electron chi connectivity index (χ4n) is 9.52. The second kappa shape index (κ2) is 11.5. The Kier molecular flexibility index (Phi) is 6.40. The highest BCUT2D eigenvalue weighted by Gasteiger charge is 2.36. The molecule has 9 aromatic carbocycles. The van der Waals surface area contributed by atoms with Crippen LogP contribution in [-0.2, 0) is 5.41 Å². The van der Waals surface area contributed by atoms with Crippen molar-refractivity contribution in [2.24, 2.45) is 0 Å². The van der Waals surface area contributed by atoms with Gasteiger partial charge in [-0.2, -0.15) is 0 Å². The first-order chi connectivity index (χ1) is 27.5. The molecule has 0 bridgehead atoms. The Morgan fingerprint density at radius 1 is 0.411 bits per heavy atom. The molecule has 0 atom stereocenters. The van der Waals surface area contributed by atoms with Crippen LogP contribution in [0.25, 0.3) is 87.7 Å². The van der Waals surface area contributed by atoms with E-state index in [-0.39, 0.29) is 5.41 Å². The second-order valence-corrected chi connectivity index (χ2v) is 15.7. The molecule has 56 heavy (non-hydrogen) atoms. The fraction of sp³-hybridized carbons (Fsp3) is 0.0566. The highest BCUT2D eigenvalue weighted by molar-refractivity contribution is 6.22. The molecule has 0 unspecified atom stereocenters. The number of furan rings is 2. The van der Waals surface area contributed by atoms with Crippen LogP contribution in [0.1, 0.15) is 25.0 Å². The lowest BCUT2D eigenvalue weighted by molar-refractivity contribution is 0.660. The van der Waals surface area contributed by atoms with E-state index in [1.54, 1.807) is 0 Å². The monoisotopic (exact) mass is 717 g/mol. The number of hydrogen-bond donors (Lipinski definition) is 0. The van der Waals surface area contributed by atoms with Gasteiger partial charge in [-0.3, -0.25) is 0 Å². The molecule has 0 aliphatic heterocycles. The van der Waals surface area contributed by atoms with Crippen LogP contribution < -0.4 is 4.90 Å². The molecule has 0 N–H and O–H groups in total. The number of hydrogen-bond acceptors (Lipinski definition) is 3. The third-order valence-corrected chi connectivity index (χ3v) is 12.2. The standard InChI is InChI=1S/C53H35NO2/c1-53(2)44-20-9-7-16-38(44)39-25-24-37(31-45(39)53)54(36-23-22-32-12-3-4-13-33(32)28-36)46-26-27-48-51(43-29-34-14-5-6-15-35(34)30-49(43)55-48)50(46)42-19-11-18-41-40-17-8-10-21-47(40)56-52(41)42/h3-31H,1-2H3. The Bertz CT molecular complexity index is 3420. The average molecular weight is 718 g/mol. The Morgan fingerprint density at radius 3 is 1.95 bits per heavy atom. The minimum atomic E-state index is -0.161. The zero-order valence-electron chi connectivity index (χ0n) is 31.0. The molecular weight excluding hydrogens is 683 g/mol. The average Bonchev–Trinajstić information content (AvgIpc) is 3.87. The molecule has 1 aliphatic carbocycles. The molecule has 0 saturated carbocycles. The van der Waals surface area contributed by atoms with Gasteiger partial charge in [-0.25, -0.2) is 0 Å². The Balaban J connectivity index is 1.22. The lowest BCUT2D eigenvalue weighted by Crippen LogP contribution is -2.17. The van der Waals surface area contributed by atoms with Gasteiger partial charge in [-0.05, 0) is 98.4 Å². The van der Waals surface area contributed by atoms with E-state index in [0.717, 1.165) is 77.5 Å². The summed E-state index contributed by atoms with van der Waals surface area (Å²) in [6, 6.07) is 63.6. The molecule has 264 valence electrons. The molecule has 0 fully saturated rings. The summed E-state index contributed by atoms with van der Waals surface area (Å²) < 4.78 is 13.6. The van der Waals surface area contributed by atoms with Gasteiger partial charge in [-0.1, -0.05) is 135 Å². The predicted octanol–water partition coefficient (Wildman–Crippen LogP) is 15.2. The molecule has 0 spiro atoms. The van der Waals surface area contributed by atoms with E-state index in [4.69, 9.17) is 8.83 Å². The molecule has 1 aliphatic rings. The van der Waals surface area contributed by atoms with Crippen molar-refractivity contribution in [3.05, 3.63) is 187 Å². The SMILES string of the molecule is CC1(C)c2ccccc2-c2ccc(N(c3ccc4ccccc4c3)c3ccc4oc5cc6ccccc6cc5c4c3-c3cccc4c3oc3ccccc34)cc21. The summed E-state index contributed by atoms with van der Waals surface area (Å²) in [5.74, 6) is 0. The van der Waals surface area contributed by atoms with Crippen LogP contribution in [0.3, 0.4) is 0 Å². The highest BCUT2D eigenvalue weighted by atomic mass is 16.3. The van der Waals surface area contributed by atoms with Crippen LogP contribution >= 0.6 is 0 Å². The largest absolute Gasteiger partial charge is 0.456 e. The van der Waals surface area contributed by atoms with Gasteiger partial charge in [-0.15, -0.1) is 0 Å². The number of rotatable bonds is 4. The summed E-state index contributed by atoms with van der Waals surface area (Å²) in [6.07, 6.45) is 0. The van der Waals surface area contributed by atoms with Crippen molar-refractivity contribution in [3.63, 3.8) is 0 Å². The van der Waals surface area contributed by atoms with Gasteiger partial charge in [0.25, 0.3) is 0 Å². The minimum Gasteiger partial charge on any atom is -0.456 e. The van der Waals surface area contributed by atoms with E-state index in [0.29, 0.717) is 0 Å². The van der Waals surface area contributed by atoms with Crippen LogP contribution in [-0.4, -0.2) is 0 Å². The van der Waals surface area contributed by atoms with Crippen LogP contribution in [0, 0.1) is 0 Å². The summed E-state index contributed by atoms with van der Waals surface area (Å²) in [5, 5.41) is 9.06. The third-order valence-electron chi connectivity index (χ3n) is 12.2. The number of fused-ring (bicyclic) bond motifs is 11. The van der Waals surface area contributed by atoms with Gasteiger partial charge in [0, 0.05) is 49.5 Å². The summed E-state index contributed by atoms with van der Waals surface area (Å²) >= 11 is 0. The number of para-hydroxylation sites is 2. The maximum absolute atomic E-state index is 6.82. The number of nitrogens with zero attached hydrogens (tertiary/aromatic N) is 1. The van der Waals surface area contributed by atoms with E-state index in [1.807, 2.05) is 6.07 Å². The van der Waals surface area contributed by atoms with E-state index in [1.165, 1.54) is 38.4 Å². The van der Waals surface area contributed by atoms with Crippen molar-refractivity contribution in [3.8, 4) is 22.3 Å². The molecule has 3 heteroatoms. The lowest BCUT2D eigenvalue weighted by Gasteiger charge is -2.30. The van der Waals surface area contributed by atoms with Crippen molar-refractivity contribution >= 4 is 82.5 Å². The van der Waals surface area contributed by atoms with Crippen molar-refractivity contribution in [2.75, 3.05) is 4.90 Å². The minimum absolute atomic E-state index is 0.161. The lowest BCUT2D eigenvalue weighted by atomic mass is 9.82. The molecule has 2 heterocycles. The molecule has 12 rings (SSSR count). The van der Waals surface area contributed by atoms with Gasteiger partial charge in [0.05, 0.1) is 5.69 Å². The molecule has 2 aromatic heterocycles. The van der Waals surface area contributed by atoms with Crippen LogP contribution in [0.4, 0.5) is 17.1 Å². The highest BCUT2D eigenvalue weighted by Crippen LogP contribution is 2.53. The molecule has 3 nitrogen and oxygen atoms in total. The van der Waals surface area contributed by atoms with Crippen molar-refractivity contribution in [1.82, 2.24) is 0 Å². The Labute approximate surface area is 323 Å². The molecule has 0 saturated heterocycles. The third kappa shape index (κ3) is 4.40. The molecule has 0 amide bonds. The smallest absolute Gasteiger partial charge is 0.143 e. The maximum Gasteiger partial charge on any atom is 0.143 e. The number of benzene rings is 9. The van der Waals surface area contributed by atoms with E-state index in [9.17, 15) is 0 Å². The van der Waals surface area contributed by atoms with Crippen molar-refractivity contribution in [1.29, 1.82) is 0 Å². The van der Waals surface area contributed by atoms with Crippen LogP contribution in [0.5, 0.6) is 0 Å². The molecule has 0 radical (unpaired) electrons. The first-order valence-corrected chi connectivity index (χ1v) is 19.3. The summed E-state index contributed by atoms with van der Waals surface area (Å²) in [7, 11) is 0. The fourth-order valence-corrected chi connectivity index (χ4v) is 9.52. The van der Waals surface area contributed by atoms with Gasteiger partial charge < -0.3 is 13.7 Å². The van der Waals surface area contributed by atoms with Gasteiger partial charge in [0.2, 0.25) is 0 Å². The maximum atomic E-state index is 6.82. The van der Waals surface area contributed by atoms with Crippen molar-refractivity contribution < 1.29 is 8.83 Å². The van der Waals surface area contributed by atoms with Gasteiger partial charge in [0.15, 0.2) is 0 Å². The van der Waals surface area contributed by atoms with Gasteiger partial charge >= 0.3 is 0 Å². The zero-order valence-corrected chi connectivity index (χ0v) is 31.0. The quantitative estimate of drug-likeness (QED) is 0.182. The van der Waals surface area contributed by atoms with E-state index in [2.05, 4.69) is 189 Å². The van der Waals surface area contributed by atoms with Crippen LogP contribution in [0.15, 0.2) is 185 Å². The normalized spacial score (nSPS) is 13.3. The molecule has 11 aromatic rings. The molecular formula is C53H35NO2.